The molecule has 0 amide bonds. The number of hydrogen-bond donors (Lipinski definition) is 2. The molecule has 0 spiro atoms. The van der Waals surface area contributed by atoms with Crippen molar-refractivity contribution in [3.63, 3.8) is 0 Å². The van der Waals surface area contributed by atoms with E-state index in [9.17, 15) is 0 Å². The lowest BCUT2D eigenvalue weighted by Crippen LogP contribution is -2.23. The molecule has 2 aromatic rings. The molecular formula is C14H15N3O3S. The molecule has 2 N–H and O–H groups in total. The number of hydrazone groups is 1. The summed E-state index contributed by atoms with van der Waals surface area (Å²) in [6.07, 6.45) is 3.10. The second-order valence-corrected chi connectivity index (χ2v) is 4.32. The fraction of sp³-hybridized carbons (Fsp3) is 0.143. The van der Waals surface area contributed by atoms with Crippen LogP contribution in [0.1, 0.15) is 5.76 Å². The van der Waals surface area contributed by atoms with Crippen LogP contribution in [0.5, 0.6) is 11.5 Å². The highest BCUT2D eigenvalue weighted by atomic mass is 32.1. The van der Waals surface area contributed by atoms with E-state index >= 15 is 0 Å². The molecular weight excluding hydrogens is 290 g/mol. The summed E-state index contributed by atoms with van der Waals surface area (Å²) in [5, 5.41) is 7.30. The first-order valence-corrected chi connectivity index (χ1v) is 6.49. The second-order valence-electron chi connectivity index (χ2n) is 3.91. The highest BCUT2D eigenvalue weighted by Crippen LogP contribution is 2.29. The van der Waals surface area contributed by atoms with Gasteiger partial charge in [0.2, 0.25) is 0 Å². The molecule has 110 valence electrons. The summed E-state index contributed by atoms with van der Waals surface area (Å²) >= 11 is 5.13. The molecule has 2 rings (SSSR count). The molecule has 21 heavy (non-hydrogen) atoms. The summed E-state index contributed by atoms with van der Waals surface area (Å²) in [7, 11) is 3.16. The summed E-state index contributed by atoms with van der Waals surface area (Å²) in [6, 6.07) is 8.96. The predicted molar refractivity (Wildman–Crippen MR) is 85.2 cm³/mol. The van der Waals surface area contributed by atoms with E-state index in [1.165, 1.54) is 6.21 Å². The van der Waals surface area contributed by atoms with Gasteiger partial charge in [-0.2, -0.15) is 5.10 Å². The molecule has 0 saturated heterocycles. The van der Waals surface area contributed by atoms with Gasteiger partial charge in [0.1, 0.15) is 5.76 Å². The Hall–Kier alpha value is -2.54. The molecule has 0 fully saturated rings. The van der Waals surface area contributed by atoms with E-state index in [1.54, 1.807) is 44.7 Å². The molecule has 0 radical (unpaired) electrons. The van der Waals surface area contributed by atoms with Gasteiger partial charge in [-0.15, -0.1) is 0 Å². The van der Waals surface area contributed by atoms with Crippen molar-refractivity contribution in [3.8, 4) is 11.5 Å². The Bertz CT molecular complexity index is 626. The average molecular weight is 305 g/mol. The minimum absolute atomic E-state index is 0.352. The number of benzene rings is 1. The van der Waals surface area contributed by atoms with Gasteiger partial charge in [-0.1, -0.05) is 0 Å². The zero-order valence-corrected chi connectivity index (χ0v) is 12.4. The summed E-state index contributed by atoms with van der Waals surface area (Å²) in [5.74, 6) is 1.90. The normalized spacial score (nSPS) is 10.4. The first kappa shape index (κ1) is 14.9. The molecule has 6 nitrogen and oxygen atoms in total. The van der Waals surface area contributed by atoms with Crippen molar-refractivity contribution in [2.75, 3.05) is 19.5 Å². The smallest absolute Gasteiger partial charge is 0.191 e. The maximum Gasteiger partial charge on any atom is 0.191 e. The zero-order valence-electron chi connectivity index (χ0n) is 11.6. The standard InChI is InChI=1S/C14H15N3O3S/c1-18-12-6-5-10(8-13(12)19-2)16-14(21)17-15-9-11-4-3-7-20-11/h3-9H,1-2H3,(H2,16,17,21)/b15-9-. The fourth-order valence-electron chi connectivity index (χ4n) is 1.59. The summed E-state index contributed by atoms with van der Waals surface area (Å²) in [5.41, 5.74) is 3.46. The second kappa shape index (κ2) is 7.30. The van der Waals surface area contributed by atoms with Crippen molar-refractivity contribution in [3.05, 3.63) is 42.4 Å². The monoisotopic (exact) mass is 305 g/mol. The van der Waals surface area contributed by atoms with Crippen molar-refractivity contribution in [1.29, 1.82) is 0 Å². The van der Waals surface area contributed by atoms with Gasteiger partial charge in [-0.05, 0) is 36.5 Å². The Morgan fingerprint density at radius 2 is 2.05 bits per heavy atom. The van der Waals surface area contributed by atoms with Gasteiger partial charge in [-0.3, -0.25) is 5.43 Å². The van der Waals surface area contributed by atoms with Crippen molar-refractivity contribution in [2.24, 2.45) is 5.10 Å². The topological polar surface area (TPSA) is 68.0 Å². The number of methoxy groups -OCH3 is 2. The number of hydrogen-bond acceptors (Lipinski definition) is 5. The van der Waals surface area contributed by atoms with Crippen LogP contribution in [0.3, 0.4) is 0 Å². The van der Waals surface area contributed by atoms with Crippen LogP contribution in [0, 0.1) is 0 Å². The molecule has 0 aliphatic carbocycles. The molecule has 1 heterocycles. The Morgan fingerprint density at radius 1 is 1.24 bits per heavy atom. The van der Waals surface area contributed by atoms with Gasteiger partial charge in [0.25, 0.3) is 0 Å². The Kier molecular flexibility index (Phi) is 5.16. The molecule has 0 unspecified atom stereocenters. The van der Waals surface area contributed by atoms with Crippen molar-refractivity contribution >= 4 is 29.2 Å². The number of furan rings is 1. The number of anilines is 1. The lowest BCUT2D eigenvalue weighted by molar-refractivity contribution is 0.355. The number of rotatable bonds is 5. The third-order valence-corrected chi connectivity index (χ3v) is 2.74. The van der Waals surface area contributed by atoms with Gasteiger partial charge in [0.05, 0.1) is 26.7 Å². The van der Waals surface area contributed by atoms with Crippen molar-refractivity contribution in [1.82, 2.24) is 5.43 Å². The number of nitrogens with one attached hydrogen (secondary N) is 2. The number of thiocarbonyl (C=S) groups is 1. The van der Waals surface area contributed by atoms with Crippen LogP contribution in [0.2, 0.25) is 0 Å². The van der Waals surface area contributed by atoms with E-state index in [4.69, 9.17) is 26.1 Å². The molecule has 0 aliphatic rings. The van der Waals surface area contributed by atoms with E-state index in [0.717, 1.165) is 5.69 Å². The lowest BCUT2D eigenvalue weighted by atomic mass is 10.3. The zero-order chi connectivity index (χ0) is 15.1. The molecule has 0 saturated carbocycles. The lowest BCUT2D eigenvalue weighted by Gasteiger charge is -2.11. The molecule has 0 atom stereocenters. The first-order valence-electron chi connectivity index (χ1n) is 6.08. The van der Waals surface area contributed by atoms with Gasteiger partial charge >= 0.3 is 0 Å². The number of nitrogens with zero attached hydrogens (tertiary/aromatic N) is 1. The minimum atomic E-state index is 0.352. The molecule has 1 aromatic carbocycles. The maximum absolute atomic E-state index is 5.22. The van der Waals surface area contributed by atoms with E-state index in [0.29, 0.717) is 22.4 Å². The summed E-state index contributed by atoms with van der Waals surface area (Å²) in [6.45, 7) is 0. The van der Waals surface area contributed by atoms with Crippen molar-refractivity contribution < 1.29 is 13.9 Å². The molecule has 0 bridgehead atoms. The fourth-order valence-corrected chi connectivity index (χ4v) is 1.76. The van der Waals surface area contributed by atoms with E-state index in [1.807, 2.05) is 6.07 Å². The Balaban J connectivity index is 1.93. The summed E-state index contributed by atoms with van der Waals surface area (Å²) < 4.78 is 15.5. The Labute approximate surface area is 127 Å². The highest BCUT2D eigenvalue weighted by Gasteiger charge is 2.05. The summed E-state index contributed by atoms with van der Waals surface area (Å²) in [4.78, 5) is 0. The molecule has 7 heteroatoms. The van der Waals surface area contributed by atoms with Gasteiger partial charge in [0, 0.05) is 11.8 Å². The van der Waals surface area contributed by atoms with Crippen LogP contribution >= 0.6 is 12.2 Å². The first-order chi connectivity index (χ1) is 10.2. The van der Waals surface area contributed by atoms with E-state index in [2.05, 4.69) is 15.8 Å². The largest absolute Gasteiger partial charge is 0.493 e. The maximum atomic E-state index is 5.22. The van der Waals surface area contributed by atoms with Crippen LogP contribution in [0.15, 0.2) is 46.1 Å². The van der Waals surface area contributed by atoms with Crippen LogP contribution in [0.25, 0.3) is 0 Å². The third-order valence-electron chi connectivity index (χ3n) is 2.54. The average Bonchev–Trinajstić information content (AvgIpc) is 3.00. The molecule has 0 aliphatic heterocycles. The minimum Gasteiger partial charge on any atom is -0.493 e. The number of ether oxygens (including phenoxy) is 2. The van der Waals surface area contributed by atoms with Gasteiger partial charge in [-0.25, -0.2) is 0 Å². The van der Waals surface area contributed by atoms with Crippen LogP contribution in [0.4, 0.5) is 5.69 Å². The van der Waals surface area contributed by atoms with Gasteiger partial charge < -0.3 is 19.2 Å². The van der Waals surface area contributed by atoms with Crippen LogP contribution in [-0.4, -0.2) is 25.5 Å². The van der Waals surface area contributed by atoms with Crippen LogP contribution < -0.4 is 20.2 Å². The van der Waals surface area contributed by atoms with E-state index in [-0.39, 0.29) is 0 Å². The SMILES string of the molecule is COc1ccc(NC(=S)N/N=C\c2ccco2)cc1OC. The van der Waals surface area contributed by atoms with Gasteiger partial charge in [0.15, 0.2) is 16.6 Å². The predicted octanol–water partition coefficient (Wildman–Crippen LogP) is 2.62. The van der Waals surface area contributed by atoms with E-state index < -0.39 is 0 Å². The molecule has 1 aromatic heterocycles. The third kappa shape index (κ3) is 4.22. The Morgan fingerprint density at radius 3 is 2.71 bits per heavy atom. The highest BCUT2D eigenvalue weighted by molar-refractivity contribution is 7.80. The quantitative estimate of drug-likeness (QED) is 0.503. The van der Waals surface area contributed by atoms with Crippen LogP contribution in [-0.2, 0) is 0 Å². The van der Waals surface area contributed by atoms with Crippen molar-refractivity contribution in [2.45, 2.75) is 0 Å².